The molecule has 14 heavy (non-hydrogen) atoms. The highest BCUT2D eigenvalue weighted by Gasteiger charge is 2.37. The van der Waals surface area contributed by atoms with E-state index in [4.69, 9.17) is 0 Å². The highest BCUT2D eigenvalue weighted by atomic mass is 16.6. The number of amides is 2. The molecule has 0 aliphatic carbocycles. The summed E-state index contributed by atoms with van der Waals surface area (Å²) >= 11 is 0. The van der Waals surface area contributed by atoms with Gasteiger partial charge in [-0.15, -0.1) is 0 Å². The van der Waals surface area contributed by atoms with Gasteiger partial charge >= 0.3 is 12.2 Å². The van der Waals surface area contributed by atoms with Crippen molar-refractivity contribution in [1.29, 1.82) is 0 Å². The van der Waals surface area contributed by atoms with Crippen LogP contribution in [0.2, 0.25) is 0 Å². The maximum absolute atomic E-state index is 11.3. The molecule has 1 saturated heterocycles. The molecule has 1 atom stereocenters. The van der Waals surface area contributed by atoms with Crippen molar-refractivity contribution < 1.29 is 19.1 Å². The van der Waals surface area contributed by atoms with Crippen LogP contribution in [0, 0.1) is 0 Å². The molecule has 0 aromatic rings. The second kappa shape index (κ2) is 4.17. The Bertz CT molecular complexity index is 243. The van der Waals surface area contributed by atoms with Crippen molar-refractivity contribution in [1.82, 2.24) is 10.0 Å². The molecule has 2 amide bonds. The highest BCUT2D eigenvalue weighted by Crippen LogP contribution is 2.19. The van der Waals surface area contributed by atoms with Crippen LogP contribution >= 0.6 is 0 Å². The third-order valence-corrected chi connectivity index (χ3v) is 2.18. The van der Waals surface area contributed by atoms with E-state index in [2.05, 4.69) is 9.47 Å². The van der Waals surface area contributed by atoms with Crippen LogP contribution in [0.1, 0.15) is 13.3 Å². The smallest absolute Gasteiger partial charge is 0.428 e. The van der Waals surface area contributed by atoms with Gasteiger partial charge in [-0.05, 0) is 13.3 Å². The summed E-state index contributed by atoms with van der Waals surface area (Å²) in [4.78, 5) is 22.6. The third kappa shape index (κ3) is 1.73. The maximum atomic E-state index is 11.3. The van der Waals surface area contributed by atoms with E-state index in [1.54, 1.807) is 0 Å². The second-order valence-electron chi connectivity index (χ2n) is 3.05. The quantitative estimate of drug-likeness (QED) is 0.583. The summed E-state index contributed by atoms with van der Waals surface area (Å²) in [5.74, 6) is 0. The Labute approximate surface area is 82.3 Å². The Balaban J connectivity index is 2.76. The van der Waals surface area contributed by atoms with Crippen molar-refractivity contribution in [2.75, 3.05) is 20.8 Å². The first kappa shape index (κ1) is 10.6. The number of hydrogen-bond donors (Lipinski definition) is 0. The van der Waals surface area contributed by atoms with Gasteiger partial charge in [0.05, 0.1) is 20.3 Å². The number of carbonyl (C=O) groups is 2. The molecule has 1 heterocycles. The van der Waals surface area contributed by atoms with E-state index < -0.39 is 12.2 Å². The second-order valence-corrected chi connectivity index (χ2v) is 3.05. The molecule has 0 aromatic carbocycles. The van der Waals surface area contributed by atoms with Gasteiger partial charge in [0.2, 0.25) is 0 Å². The zero-order valence-corrected chi connectivity index (χ0v) is 8.52. The summed E-state index contributed by atoms with van der Waals surface area (Å²) in [5.41, 5.74) is 0. The molecule has 0 spiro atoms. The molecule has 0 aromatic heterocycles. The van der Waals surface area contributed by atoms with Crippen LogP contribution < -0.4 is 0 Å². The fraction of sp³-hybridized carbons (Fsp3) is 0.750. The molecule has 0 N–H and O–H groups in total. The molecule has 0 bridgehead atoms. The van der Waals surface area contributed by atoms with Gasteiger partial charge in [0.15, 0.2) is 0 Å². The van der Waals surface area contributed by atoms with Crippen LogP contribution in [0.5, 0.6) is 0 Å². The van der Waals surface area contributed by atoms with E-state index in [0.717, 1.165) is 6.42 Å². The number of hydrazine groups is 1. The number of methoxy groups -OCH3 is 2. The summed E-state index contributed by atoms with van der Waals surface area (Å²) in [6.45, 7) is 2.32. The van der Waals surface area contributed by atoms with Crippen molar-refractivity contribution in [3.05, 3.63) is 0 Å². The normalized spacial score (nSPS) is 20.9. The van der Waals surface area contributed by atoms with Crippen LogP contribution in [0.4, 0.5) is 9.59 Å². The van der Waals surface area contributed by atoms with E-state index in [9.17, 15) is 9.59 Å². The number of rotatable bonds is 0. The molecule has 1 unspecified atom stereocenters. The SMILES string of the molecule is COC(=O)N1CCC(C)N1C(=O)OC. The van der Waals surface area contributed by atoms with Crippen LogP contribution in [0.15, 0.2) is 0 Å². The lowest BCUT2D eigenvalue weighted by atomic mass is 10.3. The Morgan fingerprint density at radius 3 is 2.29 bits per heavy atom. The summed E-state index contributed by atoms with van der Waals surface area (Å²) < 4.78 is 9.11. The van der Waals surface area contributed by atoms with E-state index in [0.29, 0.717) is 6.54 Å². The molecule has 1 fully saturated rings. The molecule has 1 aliphatic rings. The summed E-state index contributed by atoms with van der Waals surface area (Å²) in [5, 5.41) is 2.52. The summed E-state index contributed by atoms with van der Waals surface area (Å²) in [6, 6.07) is -0.0402. The number of hydrogen-bond acceptors (Lipinski definition) is 4. The topological polar surface area (TPSA) is 59.1 Å². The Hall–Kier alpha value is -1.46. The van der Waals surface area contributed by atoms with Crippen LogP contribution in [0.25, 0.3) is 0 Å². The summed E-state index contributed by atoms with van der Waals surface area (Å²) in [7, 11) is 2.56. The van der Waals surface area contributed by atoms with Gasteiger partial charge in [-0.3, -0.25) is 0 Å². The molecule has 1 rings (SSSR count). The number of nitrogens with zero attached hydrogens (tertiary/aromatic N) is 2. The van der Waals surface area contributed by atoms with E-state index in [1.165, 1.54) is 24.2 Å². The van der Waals surface area contributed by atoms with Gasteiger partial charge in [0, 0.05) is 6.54 Å². The van der Waals surface area contributed by atoms with E-state index in [-0.39, 0.29) is 6.04 Å². The average molecular weight is 202 g/mol. The molecule has 6 heteroatoms. The monoisotopic (exact) mass is 202 g/mol. The number of ether oxygens (including phenoxy) is 2. The summed E-state index contributed by atoms with van der Waals surface area (Å²) in [6.07, 6.45) is -0.357. The minimum Gasteiger partial charge on any atom is -0.452 e. The van der Waals surface area contributed by atoms with Crippen LogP contribution in [-0.4, -0.2) is 49.0 Å². The van der Waals surface area contributed by atoms with Gasteiger partial charge in [0.1, 0.15) is 0 Å². The van der Waals surface area contributed by atoms with Crippen molar-refractivity contribution in [2.45, 2.75) is 19.4 Å². The molecule has 0 saturated carbocycles. The minimum absolute atomic E-state index is 0.0402. The maximum Gasteiger partial charge on any atom is 0.428 e. The van der Waals surface area contributed by atoms with Crippen molar-refractivity contribution in [3.63, 3.8) is 0 Å². The Kier molecular flexibility index (Phi) is 3.16. The van der Waals surface area contributed by atoms with Gasteiger partial charge in [0.25, 0.3) is 0 Å². The van der Waals surface area contributed by atoms with Crippen LogP contribution in [0.3, 0.4) is 0 Å². The molecule has 6 nitrogen and oxygen atoms in total. The first-order valence-corrected chi connectivity index (χ1v) is 4.34. The van der Waals surface area contributed by atoms with E-state index in [1.807, 2.05) is 6.92 Å². The molecule has 80 valence electrons. The zero-order chi connectivity index (χ0) is 10.7. The van der Waals surface area contributed by atoms with Gasteiger partial charge in [-0.1, -0.05) is 0 Å². The van der Waals surface area contributed by atoms with Gasteiger partial charge < -0.3 is 9.47 Å². The molecule has 1 aliphatic heterocycles. The van der Waals surface area contributed by atoms with Crippen LogP contribution in [-0.2, 0) is 9.47 Å². The first-order valence-electron chi connectivity index (χ1n) is 4.34. The standard InChI is InChI=1S/C8H14N2O4/c1-6-4-5-9(7(11)13-2)10(6)8(12)14-3/h6H,4-5H2,1-3H3. The van der Waals surface area contributed by atoms with E-state index >= 15 is 0 Å². The molecule has 0 radical (unpaired) electrons. The Morgan fingerprint density at radius 1 is 1.21 bits per heavy atom. The minimum atomic E-state index is -0.542. The predicted octanol–water partition coefficient (Wildman–Crippen LogP) is 0.830. The lowest BCUT2D eigenvalue weighted by Gasteiger charge is -2.27. The first-order chi connectivity index (χ1) is 6.61. The van der Waals surface area contributed by atoms with Crippen molar-refractivity contribution >= 4 is 12.2 Å². The van der Waals surface area contributed by atoms with Gasteiger partial charge in [-0.2, -0.15) is 0 Å². The fourth-order valence-corrected chi connectivity index (χ4v) is 1.43. The lowest BCUT2D eigenvalue weighted by Crippen LogP contribution is -2.47. The van der Waals surface area contributed by atoms with Crippen molar-refractivity contribution in [2.24, 2.45) is 0 Å². The highest BCUT2D eigenvalue weighted by molar-refractivity contribution is 5.74. The van der Waals surface area contributed by atoms with Crippen molar-refractivity contribution in [3.8, 4) is 0 Å². The average Bonchev–Trinajstić information content (AvgIpc) is 2.58. The molecular weight excluding hydrogens is 188 g/mol. The lowest BCUT2D eigenvalue weighted by molar-refractivity contribution is 0.00591. The predicted molar refractivity (Wildman–Crippen MR) is 47.4 cm³/mol. The zero-order valence-electron chi connectivity index (χ0n) is 8.52. The third-order valence-electron chi connectivity index (χ3n) is 2.18. The fourth-order valence-electron chi connectivity index (χ4n) is 1.43. The Morgan fingerprint density at radius 2 is 1.79 bits per heavy atom. The largest absolute Gasteiger partial charge is 0.452 e. The number of carbonyl (C=O) groups excluding carboxylic acids is 2. The molecular formula is C8H14N2O4. The van der Waals surface area contributed by atoms with Gasteiger partial charge in [-0.25, -0.2) is 19.6 Å².